The van der Waals surface area contributed by atoms with Gasteiger partial charge < -0.3 is 4.74 Å². The van der Waals surface area contributed by atoms with E-state index in [4.69, 9.17) is 4.74 Å². The van der Waals surface area contributed by atoms with E-state index in [-0.39, 0.29) is 12.1 Å². The van der Waals surface area contributed by atoms with Crippen LogP contribution in [0.2, 0.25) is 0 Å². The molecule has 0 unspecified atom stereocenters. The van der Waals surface area contributed by atoms with E-state index in [9.17, 15) is 17.6 Å². The number of hydrogen-bond acceptors (Lipinski definition) is 6. The van der Waals surface area contributed by atoms with Gasteiger partial charge in [-0.15, -0.1) is 0 Å². The zero-order chi connectivity index (χ0) is 23.6. The lowest BCUT2D eigenvalue weighted by Gasteiger charge is -2.43. The molecule has 0 atom stereocenters. The number of halogens is 1. The maximum absolute atomic E-state index is 13.9. The Morgan fingerprint density at radius 2 is 1.91 bits per heavy atom. The van der Waals surface area contributed by atoms with Gasteiger partial charge >= 0.3 is 16.2 Å². The Kier molecular flexibility index (Phi) is 6.96. The summed E-state index contributed by atoms with van der Waals surface area (Å²) in [5.74, 6) is -0.914. The second kappa shape index (κ2) is 9.74. The number of ether oxygens (including phenoxy) is 1. The normalized spacial score (nSPS) is 18.0. The smallest absolute Gasteiger partial charge is 0.339 e. The van der Waals surface area contributed by atoms with E-state index in [0.29, 0.717) is 49.2 Å². The molecule has 0 bridgehead atoms. The summed E-state index contributed by atoms with van der Waals surface area (Å²) in [5.41, 5.74) is 1.47. The van der Waals surface area contributed by atoms with Gasteiger partial charge in [-0.1, -0.05) is 6.42 Å². The van der Waals surface area contributed by atoms with Crippen LogP contribution in [0.1, 0.15) is 40.9 Å². The van der Waals surface area contributed by atoms with Crippen LogP contribution >= 0.6 is 0 Å². The van der Waals surface area contributed by atoms with Crippen LogP contribution in [0.3, 0.4) is 0 Å². The van der Waals surface area contributed by atoms with E-state index in [1.165, 1.54) is 59.4 Å². The van der Waals surface area contributed by atoms with Crippen LogP contribution < -0.4 is 4.31 Å². The van der Waals surface area contributed by atoms with Crippen molar-refractivity contribution in [3.8, 4) is 0 Å². The number of carbonyl (C=O) groups is 1. The first-order chi connectivity index (χ1) is 15.8. The molecule has 33 heavy (non-hydrogen) atoms. The fourth-order valence-electron chi connectivity index (χ4n) is 4.18. The highest BCUT2D eigenvalue weighted by atomic mass is 32.2. The van der Waals surface area contributed by atoms with Crippen molar-refractivity contribution < 1.29 is 22.3 Å². The lowest BCUT2D eigenvalue weighted by atomic mass is 9.91. The first kappa shape index (κ1) is 23.6. The molecule has 1 aromatic heterocycles. The number of rotatable bonds is 7. The van der Waals surface area contributed by atoms with Gasteiger partial charge in [0, 0.05) is 38.4 Å². The van der Waals surface area contributed by atoms with E-state index in [0.717, 1.165) is 0 Å². The molecule has 8 nitrogen and oxygen atoms in total. The number of nitrogens with zero attached hydrogens (tertiary/aromatic N) is 4. The second-order valence-electron chi connectivity index (χ2n) is 8.50. The van der Waals surface area contributed by atoms with Crippen molar-refractivity contribution in [1.29, 1.82) is 0 Å². The van der Waals surface area contributed by atoms with Gasteiger partial charge in [-0.25, -0.2) is 9.18 Å². The quantitative estimate of drug-likeness (QED) is 0.572. The first-order valence-electron chi connectivity index (χ1n) is 11.1. The van der Waals surface area contributed by atoms with Gasteiger partial charge in [0.2, 0.25) is 0 Å². The summed E-state index contributed by atoms with van der Waals surface area (Å²) >= 11 is 0. The van der Waals surface area contributed by atoms with E-state index in [2.05, 4.69) is 9.88 Å². The molecular formula is C23H29FN4O4S. The van der Waals surface area contributed by atoms with Gasteiger partial charge in [-0.05, 0) is 55.7 Å². The van der Waals surface area contributed by atoms with Crippen LogP contribution in [-0.4, -0.2) is 67.9 Å². The van der Waals surface area contributed by atoms with E-state index < -0.39 is 22.0 Å². The van der Waals surface area contributed by atoms with Gasteiger partial charge in [-0.3, -0.25) is 14.2 Å². The van der Waals surface area contributed by atoms with Crippen molar-refractivity contribution >= 4 is 21.9 Å². The molecule has 1 aliphatic heterocycles. The number of anilines is 1. The summed E-state index contributed by atoms with van der Waals surface area (Å²) in [6.07, 6.45) is 4.96. The average Bonchev–Trinajstić information content (AvgIpc) is 2.78. The van der Waals surface area contributed by atoms with Gasteiger partial charge in [0.25, 0.3) is 0 Å². The van der Waals surface area contributed by atoms with E-state index >= 15 is 0 Å². The molecule has 0 radical (unpaired) electrons. The third kappa shape index (κ3) is 5.02. The Morgan fingerprint density at radius 1 is 1.18 bits per heavy atom. The van der Waals surface area contributed by atoms with Crippen LogP contribution in [0.25, 0.3) is 0 Å². The second-order valence-corrected chi connectivity index (χ2v) is 10.4. The summed E-state index contributed by atoms with van der Waals surface area (Å²) in [5, 5.41) is 0. The third-order valence-corrected chi connectivity index (χ3v) is 8.36. The van der Waals surface area contributed by atoms with Gasteiger partial charge in [0.05, 0.1) is 30.6 Å². The molecule has 2 fully saturated rings. The highest BCUT2D eigenvalue weighted by Gasteiger charge is 2.35. The third-order valence-electron chi connectivity index (χ3n) is 6.45. The fraction of sp³-hybridized carbons (Fsp3) is 0.478. The monoisotopic (exact) mass is 476 g/mol. The molecular weight excluding hydrogens is 447 g/mol. The lowest BCUT2D eigenvalue weighted by molar-refractivity contribution is 0.0600. The Morgan fingerprint density at radius 3 is 2.45 bits per heavy atom. The Hall–Kier alpha value is -2.56. The molecule has 1 aliphatic carbocycles. The number of methoxy groups -OCH3 is 1. The number of carbonyl (C=O) groups excluding carboxylic acids is 1. The summed E-state index contributed by atoms with van der Waals surface area (Å²) in [6.45, 7) is 3.77. The van der Waals surface area contributed by atoms with Crippen LogP contribution in [0.15, 0.2) is 36.5 Å². The molecule has 2 aliphatic rings. The largest absolute Gasteiger partial charge is 0.465 e. The molecule has 0 N–H and O–H groups in total. The van der Waals surface area contributed by atoms with Crippen LogP contribution in [0, 0.1) is 12.7 Å². The molecule has 4 rings (SSSR count). The minimum Gasteiger partial charge on any atom is -0.465 e. The molecule has 2 heterocycles. The number of aromatic nitrogens is 1. The van der Waals surface area contributed by atoms with Crippen molar-refractivity contribution in [2.45, 2.75) is 38.8 Å². The number of piperazine rings is 1. The van der Waals surface area contributed by atoms with E-state index in [1.54, 1.807) is 19.1 Å². The maximum atomic E-state index is 13.9. The SMILES string of the molecule is COC(=O)c1ccc(CN(c2ccc(F)c(C)c2)S(=O)(=O)N2CCN(C3CCC3)CC2)nc1. The predicted octanol–water partition coefficient (Wildman–Crippen LogP) is 2.74. The summed E-state index contributed by atoms with van der Waals surface area (Å²) in [4.78, 5) is 18.3. The van der Waals surface area contributed by atoms with Gasteiger partial charge in [0.15, 0.2) is 0 Å². The Bertz CT molecular complexity index is 1100. The minimum absolute atomic E-state index is 0.0440. The zero-order valence-corrected chi connectivity index (χ0v) is 19.7. The van der Waals surface area contributed by atoms with Crippen molar-refractivity contribution in [1.82, 2.24) is 14.2 Å². The Labute approximate surface area is 194 Å². The highest BCUT2D eigenvalue weighted by molar-refractivity contribution is 7.90. The standard InChI is InChI=1S/C23H29FN4O4S/c1-17-14-21(8-9-22(17)24)28(16-19-7-6-18(15-25-19)23(29)32-2)33(30,31)27-12-10-26(11-13-27)20-4-3-5-20/h6-9,14-15,20H,3-5,10-13,16H2,1-2H3. The molecule has 2 aromatic rings. The molecule has 1 aromatic carbocycles. The molecule has 0 spiro atoms. The van der Waals surface area contributed by atoms with Gasteiger partial charge in [-0.2, -0.15) is 12.7 Å². The van der Waals surface area contributed by atoms with Gasteiger partial charge in [0.1, 0.15) is 5.82 Å². The van der Waals surface area contributed by atoms with Crippen molar-refractivity contribution in [3.05, 3.63) is 59.2 Å². The van der Waals surface area contributed by atoms with Crippen molar-refractivity contribution in [3.63, 3.8) is 0 Å². The number of benzene rings is 1. The predicted molar refractivity (Wildman–Crippen MR) is 123 cm³/mol. The summed E-state index contributed by atoms with van der Waals surface area (Å²) in [7, 11) is -2.60. The number of hydrogen-bond donors (Lipinski definition) is 0. The van der Waals surface area contributed by atoms with Crippen LogP contribution in [0.5, 0.6) is 0 Å². The number of aryl methyl sites for hydroxylation is 1. The zero-order valence-electron chi connectivity index (χ0n) is 18.9. The van der Waals surface area contributed by atoms with E-state index in [1.807, 2.05) is 0 Å². The average molecular weight is 477 g/mol. The molecule has 10 heteroatoms. The highest BCUT2D eigenvalue weighted by Crippen LogP contribution is 2.29. The Balaban J connectivity index is 1.59. The summed E-state index contributed by atoms with van der Waals surface area (Å²) in [6, 6.07) is 7.98. The summed E-state index contributed by atoms with van der Waals surface area (Å²) < 4.78 is 48.8. The van der Waals surface area contributed by atoms with Crippen molar-refractivity contribution in [2.24, 2.45) is 0 Å². The molecule has 1 saturated heterocycles. The lowest BCUT2D eigenvalue weighted by Crippen LogP contribution is -2.56. The minimum atomic E-state index is -3.89. The van der Waals surface area contributed by atoms with Crippen LogP contribution in [0.4, 0.5) is 10.1 Å². The van der Waals surface area contributed by atoms with Crippen molar-refractivity contribution in [2.75, 3.05) is 37.6 Å². The number of esters is 1. The topological polar surface area (TPSA) is 83.0 Å². The molecule has 178 valence electrons. The van der Waals surface area contributed by atoms with Crippen LogP contribution in [-0.2, 0) is 21.5 Å². The molecule has 0 amide bonds. The first-order valence-corrected chi connectivity index (χ1v) is 12.5. The fourth-order valence-corrected chi connectivity index (χ4v) is 5.76. The molecule has 1 saturated carbocycles. The number of pyridine rings is 1. The maximum Gasteiger partial charge on any atom is 0.339 e.